The number of rotatable bonds is 4. The van der Waals surface area contributed by atoms with Gasteiger partial charge in [-0.05, 0) is 79.8 Å². The zero-order chi connectivity index (χ0) is 23.9. The lowest BCUT2D eigenvalue weighted by atomic mass is 9.44. The molecule has 4 aliphatic rings. The number of carbonyl (C=O) groups is 2. The van der Waals surface area contributed by atoms with E-state index in [9.17, 15) is 19.8 Å². The number of aliphatic hydroxyl groups is 2. The molecule has 3 saturated carbocycles. The van der Waals surface area contributed by atoms with Crippen LogP contribution >= 0.6 is 15.9 Å². The fourth-order valence-electron chi connectivity index (χ4n) is 7.90. The molecule has 3 fully saturated rings. The van der Waals surface area contributed by atoms with E-state index in [-0.39, 0.29) is 30.6 Å². The highest BCUT2D eigenvalue weighted by molar-refractivity contribution is 9.09. The molecule has 2 N–H and O–H groups in total. The molecule has 0 bridgehead atoms. The van der Waals surface area contributed by atoms with E-state index in [4.69, 9.17) is 4.74 Å². The van der Waals surface area contributed by atoms with Gasteiger partial charge in [0.2, 0.25) is 5.78 Å². The zero-order valence-corrected chi connectivity index (χ0v) is 21.2. The van der Waals surface area contributed by atoms with Crippen molar-refractivity contribution in [2.75, 3.05) is 0 Å². The summed E-state index contributed by atoms with van der Waals surface area (Å²) in [7, 11) is 0. The molecule has 1 unspecified atom stereocenters. The molecule has 0 aliphatic heterocycles. The summed E-state index contributed by atoms with van der Waals surface area (Å²) >= 11 is 3.30. The van der Waals surface area contributed by atoms with E-state index in [0.717, 1.165) is 5.57 Å². The van der Waals surface area contributed by atoms with Crippen LogP contribution < -0.4 is 0 Å². The van der Waals surface area contributed by atoms with Crippen molar-refractivity contribution in [3.05, 3.63) is 11.6 Å². The Morgan fingerprint density at radius 3 is 2.56 bits per heavy atom. The smallest absolute Gasteiger partial charge is 0.204 e. The second-order valence-electron chi connectivity index (χ2n) is 11.4. The van der Waals surface area contributed by atoms with Crippen LogP contribution in [-0.4, -0.2) is 50.3 Å². The van der Waals surface area contributed by atoms with E-state index in [1.165, 1.54) is 0 Å². The second kappa shape index (κ2) is 7.69. The number of ether oxygens (including phenoxy) is 1. The lowest BCUT2D eigenvalue weighted by molar-refractivity contribution is -0.229. The van der Waals surface area contributed by atoms with Crippen molar-refractivity contribution in [3.63, 3.8) is 0 Å². The number of carbonyl (C=O) groups excluding carboxylic acids is 2. The molecule has 4 rings (SSSR count). The first-order valence-corrected chi connectivity index (χ1v) is 12.8. The summed E-state index contributed by atoms with van der Waals surface area (Å²) in [6, 6.07) is 0. The quantitative estimate of drug-likeness (QED) is 0.547. The zero-order valence-electron chi connectivity index (χ0n) is 19.7. The number of hydrogen-bond acceptors (Lipinski definition) is 5. The van der Waals surface area contributed by atoms with Crippen molar-refractivity contribution in [2.45, 2.75) is 102 Å². The molecule has 7 heteroatoms. The highest BCUT2D eigenvalue weighted by atomic mass is 79.9. The van der Waals surface area contributed by atoms with Gasteiger partial charge >= 0.3 is 0 Å². The Kier molecular flexibility index (Phi) is 5.89. The fourth-order valence-corrected chi connectivity index (χ4v) is 8.69. The van der Waals surface area contributed by atoms with Crippen LogP contribution in [0.25, 0.3) is 0 Å². The van der Waals surface area contributed by atoms with E-state index < -0.39 is 50.8 Å². The highest BCUT2D eigenvalue weighted by Gasteiger charge is 2.76. The minimum Gasteiger partial charge on any atom is -0.390 e. The summed E-state index contributed by atoms with van der Waals surface area (Å²) in [6.07, 6.45) is 2.33. The Morgan fingerprint density at radius 1 is 1.28 bits per heavy atom. The highest BCUT2D eigenvalue weighted by Crippen LogP contribution is 2.71. The van der Waals surface area contributed by atoms with Crippen LogP contribution in [0, 0.1) is 28.6 Å². The van der Waals surface area contributed by atoms with Gasteiger partial charge in [0.25, 0.3) is 0 Å². The van der Waals surface area contributed by atoms with E-state index in [0.29, 0.717) is 25.7 Å². The molecular weight excluding hydrogens is 479 g/mol. The monoisotopic (exact) mass is 514 g/mol. The molecule has 0 amide bonds. The lowest BCUT2D eigenvalue weighted by Crippen LogP contribution is -2.70. The van der Waals surface area contributed by atoms with E-state index >= 15 is 4.39 Å². The van der Waals surface area contributed by atoms with Gasteiger partial charge in [0.1, 0.15) is 11.3 Å². The third kappa shape index (κ3) is 2.96. The number of allylic oxidation sites excluding steroid dienone is 1. The Morgan fingerprint density at radius 2 is 1.94 bits per heavy atom. The van der Waals surface area contributed by atoms with Gasteiger partial charge in [0.05, 0.1) is 12.2 Å². The van der Waals surface area contributed by atoms with Crippen LogP contribution in [0.2, 0.25) is 0 Å². The summed E-state index contributed by atoms with van der Waals surface area (Å²) in [6.45, 7) is 9.18. The molecule has 0 aromatic carbocycles. The van der Waals surface area contributed by atoms with Crippen molar-refractivity contribution < 1.29 is 28.9 Å². The molecule has 5 nitrogen and oxygen atoms in total. The minimum atomic E-state index is -1.89. The Balaban J connectivity index is 1.76. The van der Waals surface area contributed by atoms with Gasteiger partial charge in [-0.3, -0.25) is 9.59 Å². The van der Waals surface area contributed by atoms with Crippen molar-refractivity contribution in [1.29, 1.82) is 0 Å². The van der Waals surface area contributed by atoms with Gasteiger partial charge in [0, 0.05) is 23.2 Å². The number of alkyl halides is 2. The standard InChI is InChI=1S/C25H36BrFO5/c1-13(2)32-21(26)20(30)25(31)14(3)10-18-17-7-6-15-11-16(28)8-9-22(15,4)24(17,27)19(29)12-23(18,25)5/h11,13-14,17-19,21,29,31H,6-10,12H2,1-5H3/t14-,17-,18-,19-,21?,22-,23-,24-,25-/m0/s1. The van der Waals surface area contributed by atoms with Crippen LogP contribution in [0.3, 0.4) is 0 Å². The molecule has 0 saturated heterocycles. The first-order valence-electron chi connectivity index (χ1n) is 11.9. The largest absolute Gasteiger partial charge is 0.390 e. The van der Waals surface area contributed by atoms with Gasteiger partial charge < -0.3 is 14.9 Å². The summed E-state index contributed by atoms with van der Waals surface area (Å²) in [5.74, 6) is -1.57. The normalized spacial score (nSPS) is 49.2. The van der Waals surface area contributed by atoms with Crippen LogP contribution in [0.4, 0.5) is 4.39 Å². The molecule has 180 valence electrons. The number of ketones is 2. The molecular formula is C25H36BrFO5. The van der Waals surface area contributed by atoms with Crippen LogP contribution in [0.5, 0.6) is 0 Å². The average molecular weight is 515 g/mol. The van der Waals surface area contributed by atoms with Crippen molar-refractivity contribution >= 4 is 27.5 Å². The van der Waals surface area contributed by atoms with Crippen molar-refractivity contribution in [1.82, 2.24) is 0 Å². The first kappa shape index (κ1) is 24.5. The van der Waals surface area contributed by atoms with Gasteiger partial charge in [-0.25, -0.2) is 4.39 Å². The number of hydrogen-bond donors (Lipinski definition) is 2. The Hall–Kier alpha value is -0.630. The molecule has 0 radical (unpaired) electrons. The molecule has 0 heterocycles. The summed E-state index contributed by atoms with van der Waals surface area (Å²) in [4.78, 5) is 25.5. The fraction of sp³-hybridized carbons (Fsp3) is 0.840. The van der Waals surface area contributed by atoms with Gasteiger partial charge in [0.15, 0.2) is 10.8 Å². The maximum atomic E-state index is 17.2. The molecule has 32 heavy (non-hydrogen) atoms. The van der Waals surface area contributed by atoms with Gasteiger partial charge in [-0.15, -0.1) is 0 Å². The van der Waals surface area contributed by atoms with Gasteiger partial charge in [-0.2, -0.15) is 0 Å². The molecule has 4 aliphatic carbocycles. The second-order valence-corrected chi connectivity index (χ2v) is 12.2. The summed E-state index contributed by atoms with van der Waals surface area (Å²) in [5.41, 5.74) is -4.70. The predicted molar refractivity (Wildman–Crippen MR) is 122 cm³/mol. The third-order valence-electron chi connectivity index (χ3n) is 9.60. The molecule has 0 aromatic heterocycles. The van der Waals surface area contributed by atoms with Crippen LogP contribution in [-0.2, 0) is 14.3 Å². The predicted octanol–water partition coefficient (Wildman–Crippen LogP) is 4.27. The summed E-state index contributed by atoms with van der Waals surface area (Å²) < 4.78 is 22.8. The Bertz CT molecular complexity index is 859. The topological polar surface area (TPSA) is 83.8 Å². The van der Waals surface area contributed by atoms with Crippen molar-refractivity contribution in [3.8, 4) is 0 Å². The van der Waals surface area contributed by atoms with Crippen molar-refractivity contribution in [2.24, 2.45) is 28.6 Å². The average Bonchev–Trinajstić information content (AvgIpc) is 2.90. The van der Waals surface area contributed by atoms with E-state index in [2.05, 4.69) is 15.9 Å². The minimum absolute atomic E-state index is 0.00450. The van der Waals surface area contributed by atoms with E-state index in [1.807, 2.05) is 34.6 Å². The number of Topliss-reactive ketones (excluding diaryl/α,β-unsaturated/α-hetero) is 1. The molecule has 9 atom stereocenters. The number of halogens is 2. The summed E-state index contributed by atoms with van der Waals surface area (Å²) in [5, 5.41) is 22.3. The van der Waals surface area contributed by atoms with Crippen LogP contribution in [0.1, 0.15) is 73.1 Å². The lowest BCUT2D eigenvalue weighted by Gasteiger charge is -2.63. The van der Waals surface area contributed by atoms with Crippen LogP contribution in [0.15, 0.2) is 11.6 Å². The number of aliphatic hydroxyl groups excluding tert-OH is 1. The maximum Gasteiger partial charge on any atom is 0.204 e. The third-order valence-corrected chi connectivity index (χ3v) is 10.2. The first-order chi connectivity index (χ1) is 14.7. The SMILES string of the molecule is CC(C)OC(Br)C(=O)[C@@]1(O)[C@@H](C)C[C@H]2[C@@H]3CCC4=CC(=O)CC[C@]4(C)[C@@]3(F)[C@@H](O)C[C@@]21C. The number of fused-ring (bicyclic) bond motifs is 5. The molecule has 0 spiro atoms. The maximum absolute atomic E-state index is 17.2. The van der Waals surface area contributed by atoms with Gasteiger partial charge in [-0.1, -0.05) is 26.3 Å². The van der Waals surface area contributed by atoms with E-state index in [1.54, 1.807) is 6.08 Å². The molecule has 0 aromatic rings. The Labute approximate surface area is 198 Å².